The van der Waals surface area contributed by atoms with Gasteiger partial charge in [-0.15, -0.1) is 12.4 Å². The van der Waals surface area contributed by atoms with E-state index >= 15 is 0 Å². The Morgan fingerprint density at radius 1 is 1.38 bits per heavy atom. The molecule has 1 saturated heterocycles. The Morgan fingerprint density at radius 3 is 2.56 bits per heavy atom. The zero-order valence-electron chi connectivity index (χ0n) is 9.72. The minimum atomic E-state index is 0. The molecule has 0 saturated carbocycles. The van der Waals surface area contributed by atoms with Crippen molar-refractivity contribution < 1.29 is 0 Å². The van der Waals surface area contributed by atoms with Crippen molar-refractivity contribution in [3.8, 4) is 0 Å². The third-order valence-corrected chi connectivity index (χ3v) is 3.08. The first-order chi connectivity index (χ1) is 7.29. The smallest absolute Gasteiger partial charge is 0.128 e. The zero-order chi connectivity index (χ0) is 10.7. The number of anilines is 1. The molecule has 0 atom stereocenters. The number of aryl methyl sites for hydroxylation is 1. The quantitative estimate of drug-likeness (QED) is 0.861. The number of piperidine rings is 1. The number of halogens is 1. The molecule has 1 aromatic rings. The van der Waals surface area contributed by atoms with E-state index in [0.29, 0.717) is 6.04 Å². The highest BCUT2D eigenvalue weighted by Gasteiger charge is 2.16. The van der Waals surface area contributed by atoms with Crippen LogP contribution < -0.4 is 10.6 Å². The highest BCUT2D eigenvalue weighted by molar-refractivity contribution is 5.85. The molecule has 2 N–H and O–H groups in total. The topological polar surface area (TPSA) is 42.1 Å². The Bertz CT molecular complexity index is 305. The first-order valence-corrected chi connectivity index (χ1v) is 5.75. The van der Waals surface area contributed by atoms with E-state index in [-0.39, 0.29) is 12.4 Å². The minimum Gasteiger partial charge on any atom is -0.357 e. The number of nitrogens with zero attached hydrogens (tertiary/aromatic N) is 2. The number of hydrogen-bond donors (Lipinski definition) is 1. The van der Waals surface area contributed by atoms with Gasteiger partial charge < -0.3 is 10.6 Å². The molecular weight excluding hydrogens is 222 g/mol. The third-order valence-electron chi connectivity index (χ3n) is 3.08. The monoisotopic (exact) mass is 241 g/mol. The second-order valence-electron chi connectivity index (χ2n) is 4.20. The van der Waals surface area contributed by atoms with Gasteiger partial charge in [0.2, 0.25) is 0 Å². The van der Waals surface area contributed by atoms with Gasteiger partial charge in [0.15, 0.2) is 0 Å². The second kappa shape index (κ2) is 6.06. The summed E-state index contributed by atoms with van der Waals surface area (Å²) in [7, 11) is 0. The van der Waals surface area contributed by atoms with Gasteiger partial charge >= 0.3 is 0 Å². The molecule has 3 nitrogen and oxygen atoms in total. The molecule has 16 heavy (non-hydrogen) atoms. The third kappa shape index (κ3) is 3.09. The van der Waals surface area contributed by atoms with E-state index in [2.05, 4.69) is 28.9 Å². The lowest BCUT2D eigenvalue weighted by Gasteiger charge is -2.31. The van der Waals surface area contributed by atoms with E-state index in [4.69, 9.17) is 5.73 Å². The van der Waals surface area contributed by atoms with Crippen LogP contribution in [-0.4, -0.2) is 24.1 Å². The molecule has 1 aliphatic rings. The molecule has 1 aliphatic heterocycles. The van der Waals surface area contributed by atoms with E-state index in [1.165, 1.54) is 5.56 Å². The lowest BCUT2D eigenvalue weighted by atomic mass is 10.1. The molecule has 4 heteroatoms. The standard InChI is InChI=1S/C12H19N3.ClH/c1-2-10-3-4-12(14-9-10)15-7-5-11(13)6-8-15;/h3-4,9,11H,2,5-8,13H2,1H3;1H. The summed E-state index contributed by atoms with van der Waals surface area (Å²) in [5, 5.41) is 0. The van der Waals surface area contributed by atoms with Crippen LogP contribution in [0.1, 0.15) is 25.3 Å². The summed E-state index contributed by atoms with van der Waals surface area (Å²) in [6.07, 6.45) is 5.19. The molecule has 2 heterocycles. The Labute approximate surface area is 103 Å². The Kier molecular flexibility index (Phi) is 5.03. The van der Waals surface area contributed by atoms with E-state index in [9.17, 15) is 0 Å². The summed E-state index contributed by atoms with van der Waals surface area (Å²) in [6, 6.07) is 4.67. The normalized spacial score (nSPS) is 17.0. The fraction of sp³-hybridized carbons (Fsp3) is 0.583. The molecule has 0 amide bonds. The summed E-state index contributed by atoms with van der Waals surface area (Å²) in [4.78, 5) is 6.81. The van der Waals surface area contributed by atoms with Crippen LogP contribution in [0.4, 0.5) is 5.82 Å². The fourth-order valence-corrected chi connectivity index (χ4v) is 1.94. The lowest BCUT2D eigenvalue weighted by molar-refractivity contribution is 0.498. The molecule has 0 bridgehead atoms. The molecular formula is C12H20ClN3. The van der Waals surface area contributed by atoms with Crippen LogP contribution in [-0.2, 0) is 6.42 Å². The van der Waals surface area contributed by atoms with Crippen LogP contribution >= 0.6 is 12.4 Å². The predicted molar refractivity (Wildman–Crippen MR) is 70.3 cm³/mol. The molecule has 1 aromatic heterocycles. The summed E-state index contributed by atoms with van der Waals surface area (Å²) < 4.78 is 0. The maximum absolute atomic E-state index is 5.87. The average Bonchev–Trinajstić information content (AvgIpc) is 2.30. The molecule has 2 rings (SSSR count). The number of hydrogen-bond acceptors (Lipinski definition) is 3. The molecule has 90 valence electrons. The van der Waals surface area contributed by atoms with E-state index in [0.717, 1.165) is 38.2 Å². The molecule has 0 spiro atoms. The van der Waals surface area contributed by atoms with Gasteiger partial charge in [-0.2, -0.15) is 0 Å². The van der Waals surface area contributed by atoms with Crippen molar-refractivity contribution in [1.82, 2.24) is 4.98 Å². The van der Waals surface area contributed by atoms with Crippen molar-refractivity contribution in [3.05, 3.63) is 23.9 Å². The van der Waals surface area contributed by atoms with Crippen LogP contribution in [0.15, 0.2) is 18.3 Å². The van der Waals surface area contributed by atoms with Gasteiger partial charge in [0.1, 0.15) is 5.82 Å². The second-order valence-corrected chi connectivity index (χ2v) is 4.20. The van der Waals surface area contributed by atoms with E-state index in [1.807, 2.05) is 6.20 Å². The number of nitrogens with two attached hydrogens (primary N) is 1. The average molecular weight is 242 g/mol. The highest BCUT2D eigenvalue weighted by atomic mass is 35.5. The summed E-state index contributed by atoms with van der Waals surface area (Å²) in [6.45, 7) is 4.23. The predicted octanol–water partition coefficient (Wildman–Crippen LogP) is 1.99. The van der Waals surface area contributed by atoms with Gasteiger partial charge in [0.05, 0.1) is 0 Å². The lowest BCUT2D eigenvalue weighted by Crippen LogP contribution is -2.40. The first kappa shape index (κ1) is 13.3. The Hall–Kier alpha value is -0.800. The summed E-state index contributed by atoms with van der Waals surface area (Å²) in [5.41, 5.74) is 7.17. The molecule has 0 aliphatic carbocycles. The summed E-state index contributed by atoms with van der Waals surface area (Å²) >= 11 is 0. The zero-order valence-corrected chi connectivity index (χ0v) is 10.5. The van der Waals surface area contributed by atoms with E-state index < -0.39 is 0 Å². The van der Waals surface area contributed by atoms with E-state index in [1.54, 1.807) is 0 Å². The Balaban J connectivity index is 0.00000128. The number of rotatable bonds is 2. The fourth-order valence-electron chi connectivity index (χ4n) is 1.94. The highest BCUT2D eigenvalue weighted by Crippen LogP contribution is 2.17. The number of pyridine rings is 1. The van der Waals surface area contributed by atoms with Gasteiger partial charge in [0.25, 0.3) is 0 Å². The van der Waals surface area contributed by atoms with Gasteiger partial charge in [0, 0.05) is 25.3 Å². The SMILES string of the molecule is CCc1ccc(N2CCC(N)CC2)nc1.Cl. The van der Waals surface area contributed by atoms with Crippen molar-refractivity contribution in [3.63, 3.8) is 0 Å². The van der Waals surface area contributed by atoms with Crippen LogP contribution in [0, 0.1) is 0 Å². The van der Waals surface area contributed by atoms with Crippen molar-refractivity contribution in [2.24, 2.45) is 5.73 Å². The number of aromatic nitrogens is 1. The minimum absolute atomic E-state index is 0. The van der Waals surface area contributed by atoms with Crippen molar-refractivity contribution in [1.29, 1.82) is 0 Å². The van der Waals surface area contributed by atoms with Crippen LogP contribution in [0.2, 0.25) is 0 Å². The molecule has 1 fully saturated rings. The molecule has 0 aromatic carbocycles. The maximum Gasteiger partial charge on any atom is 0.128 e. The molecule has 0 radical (unpaired) electrons. The van der Waals surface area contributed by atoms with Crippen LogP contribution in [0.5, 0.6) is 0 Å². The van der Waals surface area contributed by atoms with Gasteiger partial charge in [-0.05, 0) is 30.9 Å². The maximum atomic E-state index is 5.87. The first-order valence-electron chi connectivity index (χ1n) is 5.75. The van der Waals surface area contributed by atoms with Gasteiger partial charge in [-0.1, -0.05) is 13.0 Å². The van der Waals surface area contributed by atoms with Crippen molar-refractivity contribution in [2.45, 2.75) is 32.2 Å². The van der Waals surface area contributed by atoms with Gasteiger partial charge in [-0.25, -0.2) is 4.98 Å². The van der Waals surface area contributed by atoms with Crippen molar-refractivity contribution in [2.75, 3.05) is 18.0 Å². The molecule has 0 unspecified atom stereocenters. The van der Waals surface area contributed by atoms with Crippen molar-refractivity contribution >= 4 is 18.2 Å². The Morgan fingerprint density at radius 2 is 2.06 bits per heavy atom. The van der Waals surface area contributed by atoms with Crippen LogP contribution in [0.3, 0.4) is 0 Å². The van der Waals surface area contributed by atoms with Gasteiger partial charge in [-0.3, -0.25) is 0 Å². The summed E-state index contributed by atoms with van der Waals surface area (Å²) in [5.74, 6) is 1.10. The van der Waals surface area contributed by atoms with Crippen LogP contribution in [0.25, 0.3) is 0 Å². The largest absolute Gasteiger partial charge is 0.357 e.